The number of hydrogen-bond acceptors (Lipinski definition) is 4. The molecule has 25 heavy (non-hydrogen) atoms. The largest absolute Gasteiger partial charge is 0.507 e. The van der Waals surface area contributed by atoms with Gasteiger partial charge in [0.1, 0.15) is 11.6 Å². The number of aromatic nitrogens is 2. The number of halogens is 1. The van der Waals surface area contributed by atoms with Crippen molar-refractivity contribution in [2.75, 3.05) is 0 Å². The maximum Gasteiger partial charge on any atom is 0.282 e. The Bertz CT molecular complexity index is 1030. The lowest BCUT2D eigenvalue weighted by Crippen LogP contribution is -2.22. The zero-order chi connectivity index (χ0) is 18.0. The van der Waals surface area contributed by atoms with Gasteiger partial charge in [-0.1, -0.05) is 35.0 Å². The van der Waals surface area contributed by atoms with Gasteiger partial charge >= 0.3 is 0 Å². The van der Waals surface area contributed by atoms with E-state index >= 15 is 0 Å². The minimum absolute atomic E-state index is 0.144. The fourth-order valence-electron chi connectivity index (χ4n) is 2.65. The van der Waals surface area contributed by atoms with E-state index in [-0.39, 0.29) is 11.3 Å². The molecule has 0 spiro atoms. The number of phenolic OH excluding ortho intramolecular Hbond substituents is 1. The average Bonchev–Trinajstić information content (AvgIpc) is 2.59. The number of hydrogen-bond donors (Lipinski definition) is 1. The highest BCUT2D eigenvalue weighted by Gasteiger charge is 2.10. The van der Waals surface area contributed by atoms with Crippen LogP contribution in [0.2, 0.25) is 0 Å². The highest BCUT2D eigenvalue weighted by Crippen LogP contribution is 2.25. The zero-order valence-corrected chi connectivity index (χ0v) is 15.6. The van der Waals surface area contributed by atoms with Crippen LogP contribution in [0.15, 0.2) is 50.8 Å². The van der Waals surface area contributed by atoms with Crippen molar-refractivity contribution < 1.29 is 5.11 Å². The average molecular weight is 400 g/mol. The van der Waals surface area contributed by atoms with E-state index in [1.165, 1.54) is 10.9 Å². The standard InChI is InChI=1S/C19H18BrN3O2/c1-3-6-17-22-16-8-5-4-7-15(16)19(25)23(17)21-11-13-10-14(20)9-12(2)18(13)24/h4-5,7-11,24H,3,6H2,1-2H3. The quantitative estimate of drug-likeness (QED) is 0.673. The molecule has 6 heteroatoms. The Morgan fingerprint density at radius 2 is 2.08 bits per heavy atom. The molecule has 5 nitrogen and oxygen atoms in total. The van der Waals surface area contributed by atoms with Gasteiger partial charge in [-0.3, -0.25) is 4.79 Å². The smallest absolute Gasteiger partial charge is 0.282 e. The Balaban J connectivity index is 2.16. The first kappa shape index (κ1) is 17.4. The molecule has 0 fully saturated rings. The van der Waals surface area contributed by atoms with Crippen LogP contribution in [0.3, 0.4) is 0 Å². The number of fused-ring (bicyclic) bond motifs is 1. The van der Waals surface area contributed by atoms with Gasteiger partial charge in [-0.25, -0.2) is 4.98 Å². The van der Waals surface area contributed by atoms with Gasteiger partial charge in [0.2, 0.25) is 0 Å². The molecule has 0 saturated heterocycles. The van der Waals surface area contributed by atoms with Crippen molar-refractivity contribution in [2.45, 2.75) is 26.7 Å². The third kappa shape index (κ3) is 3.49. The molecule has 1 aromatic heterocycles. The second kappa shape index (κ2) is 7.19. The van der Waals surface area contributed by atoms with Gasteiger partial charge in [-0.2, -0.15) is 9.78 Å². The lowest BCUT2D eigenvalue weighted by Gasteiger charge is -2.09. The highest BCUT2D eigenvalue weighted by molar-refractivity contribution is 9.10. The summed E-state index contributed by atoms with van der Waals surface area (Å²) in [6.45, 7) is 3.84. The summed E-state index contributed by atoms with van der Waals surface area (Å²) in [5.41, 5.74) is 1.73. The molecule has 0 amide bonds. The van der Waals surface area contributed by atoms with Gasteiger partial charge in [-0.05, 0) is 43.2 Å². The summed E-state index contributed by atoms with van der Waals surface area (Å²) in [6, 6.07) is 10.8. The minimum atomic E-state index is -0.212. The molecule has 0 aliphatic carbocycles. The Hall–Kier alpha value is -2.47. The normalized spacial score (nSPS) is 11.5. The van der Waals surface area contributed by atoms with Crippen molar-refractivity contribution in [1.82, 2.24) is 9.66 Å². The third-order valence-electron chi connectivity index (χ3n) is 3.90. The molecule has 0 bridgehead atoms. The van der Waals surface area contributed by atoms with Gasteiger partial charge < -0.3 is 5.11 Å². The van der Waals surface area contributed by atoms with Crippen LogP contribution in [-0.4, -0.2) is 21.0 Å². The SMILES string of the molecule is CCCc1nc2ccccc2c(=O)n1N=Cc1cc(Br)cc(C)c1O. The summed E-state index contributed by atoms with van der Waals surface area (Å²) in [4.78, 5) is 17.4. The Labute approximate surface area is 153 Å². The first-order valence-electron chi connectivity index (χ1n) is 8.05. The summed E-state index contributed by atoms with van der Waals surface area (Å²) in [7, 11) is 0. The first-order valence-corrected chi connectivity index (χ1v) is 8.84. The van der Waals surface area contributed by atoms with Gasteiger partial charge in [0.05, 0.1) is 17.1 Å². The van der Waals surface area contributed by atoms with E-state index in [0.717, 1.165) is 16.5 Å². The monoisotopic (exact) mass is 399 g/mol. The van der Waals surface area contributed by atoms with Crippen LogP contribution in [0.4, 0.5) is 0 Å². The number of aromatic hydroxyl groups is 1. The molecule has 0 atom stereocenters. The molecule has 0 radical (unpaired) electrons. The number of rotatable bonds is 4. The van der Waals surface area contributed by atoms with E-state index in [1.54, 1.807) is 12.1 Å². The molecule has 0 saturated carbocycles. The highest BCUT2D eigenvalue weighted by atomic mass is 79.9. The van der Waals surface area contributed by atoms with Crippen molar-refractivity contribution in [2.24, 2.45) is 5.10 Å². The molecular formula is C19H18BrN3O2. The molecule has 0 aliphatic rings. The van der Waals surface area contributed by atoms with E-state index < -0.39 is 0 Å². The van der Waals surface area contributed by atoms with E-state index in [2.05, 4.69) is 26.0 Å². The molecule has 3 aromatic rings. The van der Waals surface area contributed by atoms with E-state index in [9.17, 15) is 9.90 Å². The predicted octanol–water partition coefficient (Wildman–Crippen LogP) is 4.01. The van der Waals surface area contributed by atoms with Crippen LogP contribution in [0.1, 0.15) is 30.3 Å². The summed E-state index contributed by atoms with van der Waals surface area (Å²) < 4.78 is 2.16. The maximum absolute atomic E-state index is 12.8. The van der Waals surface area contributed by atoms with Gasteiger partial charge in [0, 0.05) is 16.5 Å². The molecular weight excluding hydrogens is 382 g/mol. The van der Waals surface area contributed by atoms with Gasteiger partial charge in [0.15, 0.2) is 0 Å². The second-order valence-electron chi connectivity index (χ2n) is 5.82. The maximum atomic E-state index is 12.8. The van der Waals surface area contributed by atoms with Crippen molar-refractivity contribution in [3.63, 3.8) is 0 Å². The Morgan fingerprint density at radius 3 is 2.84 bits per heavy atom. The van der Waals surface area contributed by atoms with Crippen molar-refractivity contribution >= 4 is 33.0 Å². The van der Waals surface area contributed by atoms with Crippen LogP contribution >= 0.6 is 15.9 Å². The Morgan fingerprint density at radius 1 is 1.32 bits per heavy atom. The summed E-state index contributed by atoms with van der Waals surface area (Å²) in [6.07, 6.45) is 2.98. The molecule has 0 unspecified atom stereocenters. The van der Waals surface area contributed by atoms with E-state index in [1.807, 2.05) is 38.1 Å². The van der Waals surface area contributed by atoms with Crippen LogP contribution in [0, 0.1) is 6.92 Å². The number of aryl methyl sites for hydroxylation is 2. The van der Waals surface area contributed by atoms with Crippen LogP contribution in [0.25, 0.3) is 10.9 Å². The number of benzene rings is 2. The van der Waals surface area contributed by atoms with Crippen molar-refractivity contribution in [3.05, 3.63) is 68.2 Å². The molecule has 2 aromatic carbocycles. The fourth-order valence-corrected chi connectivity index (χ4v) is 3.24. The molecule has 3 rings (SSSR count). The summed E-state index contributed by atoms with van der Waals surface area (Å²) in [5, 5.41) is 15.0. The van der Waals surface area contributed by atoms with Crippen molar-refractivity contribution in [3.8, 4) is 5.75 Å². The van der Waals surface area contributed by atoms with Crippen LogP contribution in [0.5, 0.6) is 5.75 Å². The Kier molecular flexibility index (Phi) is 4.99. The topological polar surface area (TPSA) is 67.5 Å². The molecule has 1 N–H and O–H groups in total. The van der Waals surface area contributed by atoms with Gasteiger partial charge in [-0.15, -0.1) is 0 Å². The molecule has 1 heterocycles. The minimum Gasteiger partial charge on any atom is -0.507 e. The molecule has 0 aliphatic heterocycles. The number of phenols is 1. The fraction of sp³-hybridized carbons (Fsp3) is 0.211. The zero-order valence-electron chi connectivity index (χ0n) is 14.0. The van der Waals surface area contributed by atoms with E-state index in [0.29, 0.717) is 28.7 Å². The number of nitrogens with zero attached hydrogens (tertiary/aromatic N) is 3. The van der Waals surface area contributed by atoms with Crippen LogP contribution < -0.4 is 5.56 Å². The van der Waals surface area contributed by atoms with E-state index in [4.69, 9.17) is 0 Å². The molecule has 128 valence electrons. The lowest BCUT2D eigenvalue weighted by atomic mass is 10.1. The summed E-state index contributed by atoms with van der Waals surface area (Å²) in [5.74, 6) is 0.749. The van der Waals surface area contributed by atoms with Gasteiger partial charge in [0.25, 0.3) is 5.56 Å². The number of para-hydroxylation sites is 1. The predicted molar refractivity (Wildman–Crippen MR) is 104 cm³/mol. The third-order valence-corrected chi connectivity index (χ3v) is 4.36. The van der Waals surface area contributed by atoms with Crippen LogP contribution in [-0.2, 0) is 6.42 Å². The second-order valence-corrected chi connectivity index (χ2v) is 6.73. The summed E-state index contributed by atoms with van der Waals surface area (Å²) >= 11 is 3.41. The first-order chi connectivity index (χ1) is 12.0. The lowest BCUT2D eigenvalue weighted by molar-refractivity contribution is 0.470. The van der Waals surface area contributed by atoms with Crippen molar-refractivity contribution in [1.29, 1.82) is 0 Å².